The molecular formula is C7H16N2O4S. The first-order chi connectivity index (χ1) is 6.30. The Balaban J connectivity index is 4.53. The van der Waals surface area contributed by atoms with Gasteiger partial charge in [-0.25, -0.2) is 4.72 Å². The fraction of sp³-hybridized carbons (Fsp3) is 0.857. The highest BCUT2D eigenvalue weighted by atomic mass is 32.2. The van der Waals surface area contributed by atoms with Gasteiger partial charge in [-0.15, -0.1) is 0 Å². The predicted octanol–water partition coefficient (Wildman–Crippen LogP) is -0.460. The van der Waals surface area contributed by atoms with E-state index in [1.165, 1.54) is 0 Å². The molecule has 0 aliphatic carbocycles. The topological polar surface area (TPSA) is 95.5 Å². The van der Waals surface area contributed by atoms with E-state index < -0.39 is 22.2 Å². The van der Waals surface area contributed by atoms with E-state index in [2.05, 4.69) is 9.44 Å². The van der Waals surface area contributed by atoms with E-state index in [-0.39, 0.29) is 12.5 Å². The van der Waals surface area contributed by atoms with Gasteiger partial charge in [0.15, 0.2) is 0 Å². The Morgan fingerprint density at radius 1 is 1.43 bits per heavy atom. The molecule has 0 aromatic carbocycles. The first-order valence-electron chi connectivity index (χ1n) is 4.30. The Morgan fingerprint density at radius 3 is 2.21 bits per heavy atom. The maximum absolute atomic E-state index is 11.2. The smallest absolute Gasteiger partial charge is 0.322 e. The molecule has 0 unspecified atom stereocenters. The summed E-state index contributed by atoms with van der Waals surface area (Å²) in [6.45, 7) is 5.10. The van der Waals surface area contributed by atoms with Gasteiger partial charge in [0.25, 0.3) is 10.2 Å². The predicted molar refractivity (Wildman–Crippen MR) is 52.0 cm³/mol. The lowest BCUT2D eigenvalue weighted by atomic mass is 10.1. The molecule has 0 saturated carbocycles. The summed E-state index contributed by atoms with van der Waals surface area (Å²) in [6.07, 6.45) is 0. The van der Waals surface area contributed by atoms with E-state index in [0.29, 0.717) is 0 Å². The van der Waals surface area contributed by atoms with Crippen LogP contribution in [0.2, 0.25) is 0 Å². The molecule has 0 bridgehead atoms. The van der Waals surface area contributed by atoms with Crippen LogP contribution in [0, 0.1) is 5.92 Å². The number of carbonyl (C=O) groups is 1. The minimum Gasteiger partial charge on any atom is -0.480 e. The first kappa shape index (κ1) is 13.3. The second kappa shape index (κ2) is 5.28. The molecule has 14 heavy (non-hydrogen) atoms. The van der Waals surface area contributed by atoms with Crippen molar-refractivity contribution in [1.82, 2.24) is 9.44 Å². The fourth-order valence-corrected chi connectivity index (χ4v) is 2.04. The van der Waals surface area contributed by atoms with Crippen LogP contribution in [0.3, 0.4) is 0 Å². The maximum Gasteiger partial charge on any atom is 0.322 e. The van der Waals surface area contributed by atoms with E-state index >= 15 is 0 Å². The number of hydrogen-bond donors (Lipinski definition) is 3. The van der Waals surface area contributed by atoms with Crippen LogP contribution in [0.5, 0.6) is 0 Å². The van der Waals surface area contributed by atoms with Gasteiger partial charge in [-0.1, -0.05) is 20.8 Å². The Bertz CT molecular complexity index is 286. The molecule has 0 aliphatic rings. The summed E-state index contributed by atoms with van der Waals surface area (Å²) in [5.74, 6) is -1.48. The van der Waals surface area contributed by atoms with Crippen molar-refractivity contribution >= 4 is 16.2 Å². The number of carboxylic acid groups (broad SMARTS) is 1. The standard InChI is InChI=1S/C7H16N2O4S/c1-4-8-14(12,13)9-6(5(2)3)7(10)11/h5-6,8-9H,4H2,1-3H3,(H,10,11)/t6-/m1/s1. The zero-order valence-electron chi connectivity index (χ0n) is 8.44. The lowest BCUT2D eigenvalue weighted by Gasteiger charge is -2.17. The SMILES string of the molecule is CCNS(=O)(=O)N[C@@H](C(=O)O)C(C)C. The van der Waals surface area contributed by atoms with Crippen LogP contribution in [0.15, 0.2) is 0 Å². The third kappa shape index (κ3) is 4.54. The van der Waals surface area contributed by atoms with Gasteiger partial charge >= 0.3 is 5.97 Å². The van der Waals surface area contributed by atoms with Crippen molar-refractivity contribution in [2.45, 2.75) is 26.8 Å². The molecule has 0 rings (SSSR count). The van der Waals surface area contributed by atoms with Crippen LogP contribution in [-0.4, -0.2) is 32.1 Å². The van der Waals surface area contributed by atoms with Crippen molar-refractivity contribution in [3.8, 4) is 0 Å². The third-order valence-electron chi connectivity index (χ3n) is 1.55. The number of hydrogen-bond acceptors (Lipinski definition) is 3. The summed E-state index contributed by atoms with van der Waals surface area (Å²) < 4.78 is 26.5. The summed E-state index contributed by atoms with van der Waals surface area (Å²) in [5.41, 5.74) is 0. The van der Waals surface area contributed by atoms with Crippen LogP contribution < -0.4 is 9.44 Å². The Labute approximate surface area is 83.9 Å². The van der Waals surface area contributed by atoms with E-state index in [1.807, 2.05) is 0 Å². The Morgan fingerprint density at radius 2 is 1.93 bits per heavy atom. The van der Waals surface area contributed by atoms with E-state index in [9.17, 15) is 13.2 Å². The molecule has 0 aromatic rings. The lowest BCUT2D eigenvalue weighted by Crippen LogP contribution is -2.48. The second-order valence-corrected chi connectivity index (χ2v) is 4.71. The number of carboxylic acids is 1. The van der Waals surface area contributed by atoms with Crippen LogP contribution in [0.4, 0.5) is 0 Å². The van der Waals surface area contributed by atoms with Crippen molar-refractivity contribution in [1.29, 1.82) is 0 Å². The molecule has 6 nitrogen and oxygen atoms in total. The van der Waals surface area contributed by atoms with Crippen LogP contribution in [0.1, 0.15) is 20.8 Å². The average molecular weight is 224 g/mol. The maximum atomic E-state index is 11.2. The van der Waals surface area contributed by atoms with Gasteiger partial charge in [0.1, 0.15) is 6.04 Å². The van der Waals surface area contributed by atoms with E-state index in [1.54, 1.807) is 20.8 Å². The molecule has 0 aliphatic heterocycles. The van der Waals surface area contributed by atoms with Gasteiger partial charge < -0.3 is 5.11 Å². The summed E-state index contributed by atoms with van der Waals surface area (Å²) in [6, 6.07) is -1.10. The van der Waals surface area contributed by atoms with Gasteiger partial charge in [0.05, 0.1) is 0 Å². The van der Waals surface area contributed by atoms with Crippen molar-refractivity contribution in [2.24, 2.45) is 5.92 Å². The normalized spacial score (nSPS) is 14.3. The van der Waals surface area contributed by atoms with E-state index in [0.717, 1.165) is 0 Å². The van der Waals surface area contributed by atoms with Crippen LogP contribution in [0.25, 0.3) is 0 Å². The Hall–Kier alpha value is -0.660. The van der Waals surface area contributed by atoms with Gasteiger partial charge in [0, 0.05) is 6.54 Å². The van der Waals surface area contributed by atoms with Crippen molar-refractivity contribution in [3.63, 3.8) is 0 Å². The molecule has 0 spiro atoms. The summed E-state index contributed by atoms with van der Waals surface area (Å²) >= 11 is 0. The minimum absolute atomic E-state index is 0.222. The van der Waals surface area contributed by atoms with Gasteiger partial charge in [-0.3, -0.25) is 4.79 Å². The highest BCUT2D eigenvalue weighted by molar-refractivity contribution is 7.87. The fourth-order valence-electron chi connectivity index (χ4n) is 0.870. The van der Waals surface area contributed by atoms with Gasteiger partial charge in [0.2, 0.25) is 0 Å². The number of nitrogens with one attached hydrogen (secondary N) is 2. The first-order valence-corrected chi connectivity index (χ1v) is 5.78. The second-order valence-electron chi connectivity index (χ2n) is 3.18. The molecule has 7 heteroatoms. The lowest BCUT2D eigenvalue weighted by molar-refractivity contribution is -0.140. The van der Waals surface area contributed by atoms with Crippen LogP contribution >= 0.6 is 0 Å². The minimum atomic E-state index is -3.70. The quantitative estimate of drug-likeness (QED) is 0.569. The van der Waals surface area contributed by atoms with Crippen molar-refractivity contribution < 1.29 is 18.3 Å². The average Bonchev–Trinajstić information content (AvgIpc) is 1.99. The van der Waals surface area contributed by atoms with Gasteiger partial charge in [-0.05, 0) is 5.92 Å². The molecule has 84 valence electrons. The Kier molecular flexibility index (Phi) is 5.03. The van der Waals surface area contributed by atoms with Crippen molar-refractivity contribution in [2.75, 3.05) is 6.54 Å². The molecule has 3 N–H and O–H groups in total. The van der Waals surface area contributed by atoms with E-state index in [4.69, 9.17) is 5.11 Å². The summed E-state index contributed by atoms with van der Waals surface area (Å²) in [5, 5.41) is 8.72. The van der Waals surface area contributed by atoms with Crippen LogP contribution in [-0.2, 0) is 15.0 Å². The number of rotatable bonds is 6. The zero-order valence-corrected chi connectivity index (χ0v) is 9.26. The summed E-state index contributed by atoms with van der Waals surface area (Å²) in [7, 11) is -3.70. The molecule has 0 saturated heterocycles. The largest absolute Gasteiger partial charge is 0.480 e. The molecule has 0 fully saturated rings. The number of aliphatic carboxylic acids is 1. The zero-order chi connectivity index (χ0) is 11.4. The van der Waals surface area contributed by atoms with Crippen molar-refractivity contribution in [3.05, 3.63) is 0 Å². The molecule has 0 heterocycles. The highest BCUT2D eigenvalue weighted by Crippen LogP contribution is 2.02. The monoisotopic (exact) mass is 224 g/mol. The van der Waals surface area contributed by atoms with Gasteiger partial charge in [-0.2, -0.15) is 13.1 Å². The molecule has 0 amide bonds. The molecule has 0 radical (unpaired) electrons. The highest BCUT2D eigenvalue weighted by Gasteiger charge is 2.26. The summed E-state index contributed by atoms with van der Waals surface area (Å²) in [4.78, 5) is 10.7. The third-order valence-corrected chi connectivity index (χ3v) is 2.78. The molecule has 1 atom stereocenters. The molecule has 0 aromatic heterocycles. The molecular weight excluding hydrogens is 208 g/mol.